The van der Waals surface area contributed by atoms with E-state index in [-0.39, 0.29) is 24.9 Å². The van der Waals surface area contributed by atoms with E-state index in [0.29, 0.717) is 6.54 Å². The van der Waals surface area contributed by atoms with Crippen LogP contribution in [-0.2, 0) is 16.1 Å². The van der Waals surface area contributed by atoms with E-state index in [0.717, 1.165) is 4.88 Å². The van der Waals surface area contributed by atoms with Gasteiger partial charge in [0.2, 0.25) is 11.8 Å². The fourth-order valence-electron chi connectivity index (χ4n) is 2.10. The maximum Gasteiger partial charge on any atom is 0.262 e. The molecular formula is C13H18ClF2N3O2S. The van der Waals surface area contributed by atoms with Crippen molar-refractivity contribution >= 4 is 35.6 Å². The molecule has 0 aliphatic carbocycles. The molecule has 0 spiro atoms. The topological polar surface area (TPSA) is 61.4 Å². The van der Waals surface area contributed by atoms with Crippen LogP contribution in [0.3, 0.4) is 0 Å². The van der Waals surface area contributed by atoms with Gasteiger partial charge in [-0.15, -0.1) is 23.7 Å². The quantitative estimate of drug-likeness (QED) is 0.837. The van der Waals surface area contributed by atoms with Crippen molar-refractivity contribution in [1.29, 1.82) is 0 Å². The summed E-state index contributed by atoms with van der Waals surface area (Å²) >= 11 is 1.52. The van der Waals surface area contributed by atoms with E-state index in [2.05, 4.69) is 10.6 Å². The molecule has 2 rings (SSSR count). The second-order valence-electron chi connectivity index (χ2n) is 5.04. The van der Waals surface area contributed by atoms with Crippen molar-refractivity contribution in [3.05, 3.63) is 22.4 Å². The summed E-state index contributed by atoms with van der Waals surface area (Å²) in [7, 11) is 1.44. The van der Waals surface area contributed by atoms with Crippen molar-refractivity contribution in [2.24, 2.45) is 0 Å². The Bertz CT molecular complexity index is 513. The van der Waals surface area contributed by atoms with Gasteiger partial charge in [0.15, 0.2) is 0 Å². The number of nitrogens with zero attached hydrogens (tertiary/aromatic N) is 1. The number of hydrogen-bond acceptors (Lipinski definition) is 4. The van der Waals surface area contributed by atoms with Crippen LogP contribution >= 0.6 is 23.7 Å². The third-order valence-corrected chi connectivity index (χ3v) is 4.08. The molecule has 1 aromatic rings. The summed E-state index contributed by atoms with van der Waals surface area (Å²) in [5, 5.41) is 7.08. The van der Waals surface area contributed by atoms with Gasteiger partial charge in [0.1, 0.15) is 0 Å². The minimum absolute atomic E-state index is 0. The summed E-state index contributed by atoms with van der Waals surface area (Å²) in [5.74, 6) is -3.66. The lowest BCUT2D eigenvalue weighted by Crippen LogP contribution is -2.45. The number of thiophene rings is 1. The first-order chi connectivity index (χ1) is 9.87. The van der Waals surface area contributed by atoms with E-state index >= 15 is 0 Å². The Labute approximate surface area is 137 Å². The van der Waals surface area contributed by atoms with E-state index in [1.165, 1.54) is 23.3 Å². The molecule has 1 aromatic heterocycles. The van der Waals surface area contributed by atoms with Crippen molar-refractivity contribution < 1.29 is 18.4 Å². The third-order valence-electron chi connectivity index (χ3n) is 3.20. The predicted octanol–water partition coefficient (Wildman–Crippen LogP) is 1.24. The maximum atomic E-state index is 13.0. The fraction of sp³-hybridized carbons (Fsp3) is 0.538. The highest BCUT2D eigenvalue weighted by Crippen LogP contribution is 2.25. The summed E-state index contributed by atoms with van der Waals surface area (Å²) in [6, 6.07) is 2.85. The molecule has 2 amide bonds. The summed E-state index contributed by atoms with van der Waals surface area (Å²) in [6.07, 6.45) is -0.521. The molecule has 0 bridgehead atoms. The van der Waals surface area contributed by atoms with Crippen LogP contribution in [0.25, 0.3) is 0 Å². The lowest BCUT2D eigenvalue weighted by molar-refractivity contribution is -0.136. The second-order valence-corrected chi connectivity index (χ2v) is 6.08. The van der Waals surface area contributed by atoms with Gasteiger partial charge in [-0.25, -0.2) is 8.78 Å². The van der Waals surface area contributed by atoms with Gasteiger partial charge in [-0.1, -0.05) is 6.07 Å². The smallest absolute Gasteiger partial charge is 0.262 e. The average molecular weight is 354 g/mol. The molecule has 0 saturated carbocycles. The molecule has 1 fully saturated rings. The van der Waals surface area contributed by atoms with Crippen LogP contribution in [0.2, 0.25) is 0 Å². The molecule has 124 valence electrons. The minimum Gasteiger partial charge on any atom is -0.350 e. The van der Waals surface area contributed by atoms with E-state index < -0.39 is 30.8 Å². The SMILES string of the molecule is CN(CC(=O)NCc1cccs1)C(=O)C1CC(F)(F)CN1.Cl. The molecule has 1 atom stereocenters. The van der Waals surface area contributed by atoms with Crippen molar-refractivity contribution in [2.75, 3.05) is 20.1 Å². The highest BCUT2D eigenvalue weighted by Gasteiger charge is 2.43. The lowest BCUT2D eigenvalue weighted by atomic mass is 10.1. The molecule has 1 aliphatic heterocycles. The molecular weight excluding hydrogens is 336 g/mol. The zero-order valence-electron chi connectivity index (χ0n) is 12.0. The number of nitrogens with one attached hydrogen (secondary N) is 2. The highest BCUT2D eigenvalue weighted by molar-refractivity contribution is 7.09. The first-order valence-electron chi connectivity index (χ1n) is 6.53. The van der Waals surface area contributed by atoms with E-state index in [4.69, 9.17) is 0 Å². The molecule has 22 heavy (non-hydrogen) atoms. The average Bonchev–Trinajstić information content (AvgIpc) is 3.04. The van der Waals surface area contributed by atoms with Crippen LogP contribution in [0.4, 0.5) is 8.78 Å². The van der Waals surface area contributed by atoms with E-state index in [9.17, 15) is 18.4 Å². The van der Waals surface area contributed by atoms with Crippen LogP contribution in [0.5, 0.6) is 0 Å². The number of carbonyl (C=O) groups excluding carboxylic acids is 2. The van der Waals surface area contributed by atoms with E-state index in [1.807, 2.05) is 17.5 Å². The number of halogens is 3. The molecule has 2 heterocycles. The maximum absolute atomic E-state index is 13.0. The van der Waals surface area contributed by atoms with Crippen molar-refractivity contribution in [3.8, 4) is 0 Å². The number of amides is 2. The summed E-state index contributed by atoms with van der Waals surface area (Å²) in [4.78, 5) is 25.9. The number of rotatable bonds is 5. The second kappa shape index (κ2) is 7.85. The highest BCUT2D eigenvalue weighted by atomic mass is 35.5. The van der Waals surface area contributed by atoms with Gasteiger partial charge < -0.3 is 10.2 Å². The first-order valence-corrected chi connectivity index (χ1v) is 7.41. The van der Waals surface area contributed by atoms with Crippen LogP contribution in [0, 0.1) is 0 Å². The van der Waals surface area contributed by atoms with Gasteiger partial charge in [-0.2, -0.15) is 0 Å². The number of hydrogen-bond donors (Lipinski definition) is 2. The Balaban J connectivity index is 0.00000242. The fourth-order valence-corrected chi connectivity index (χ4v) is 2.75. The van der Waals surface area contributed by atoms with Crippen LogP contribution in [-0.4, -0.2) is 48.8 Å². The van der Waals surface area contributed by atoms with Gasteiger partial charge >= 0.3 is 0 Å². The van der Waals surface area contributed by atoms with Gasteiger partial charge in [-0.05, 0) is 11.4 Å². The number of likely N-dealkylation sites (N-methyl/N-ethyl adjacent to an activating group) is 1. The van der Waals surface area contributed by atoms with Crippen molar-refractivity contribution in [2.45, 2.75) is 24.9 Å². The van der Waals surface area contributed by atoms with Crippen molar-refractivity contribution in [1.82, 2.24) is 15.5 Å². The molecule has 0 radical (unpaired) electrons. The largest absolute Gasteiger partial charge is 0.350 e. The molecule has 9 heteroatoms. The molecule has 1 aliphatic rings. The monoisotopic (exact) mass is 353 g/mol. The molecule has 1 saturated heterocycles. The Kier molecular flexibility index (Phi) is 6.70. The van der Waals surface area contributed by atoms with Crippen LogP contribution < -0.4 is 10.6 Å². The van der Waals surface area contributed by atoms with E-state index in [1.54, 1.807) is 0 Å². The van der Waals surface area contributed by atoms with Gasteiger partial charge in [0.25, 0.3) is 5.92 Å². The Morgan fingerprint density at radius 1 is 1.55 bits per heavy atom. The third kappa shape index (κ3) is 5.19. The number of carbonyl (C=O) groups is 2. The Morgan fingerprint density at radius 3 is 2.82 bits per heavy atom. The molecule has 5 nitrogen and oxygen atoms in total. The zero-order valence-corrected chi connectivity index (χ0v) is 13.6. The molecule has 1 unspecified atom stereocenters. The summed E-state index contributed by atoms with van der Waals surface area (Å²) in [5.41, 5.74) is 0. The van der Waals surface area contributed by atoms with Crippen LogP contribution in [0.1, 0.15) is 11.3 Å². The normalized spacial score (nSPS) is 19.3. The minimum atomic E-state index is -2.86. The van der Waals surface area contributed by atoms with Crippen LogP contribution in [0.15, 0.2) is 17.5 Å². The molecule has 0 aromatic carbocycles. The van der Waals surface area contributed by atoms with Gasteiger partial charge in [0, 0.05) is 18.3 Å². The Morgan fingerprint density at radius 2 is 2.27 bits per heavy atom. The zero-order chi connectivity index (χ0) is 15.5. The predicted molar refractivity (Wildman–Crippen MR) is 82.4 cm³/mol. The van der Waals surface area contributed by atoms with Crippen molar-refractivity contribution in [3.63, 3.8) is 0 Å². The van der Waals surface area contributed by atoms with Gasteiger partial charge in [-0.3, -0.25) is 14.9 Å². The summed E-state index contributed by atoms with van der Waals surface area (Å²) in [6.45, 7) is -0.242. The summed E-state index contributed by atoms with van der Waals surface area (Å²) < 4.78 is 26.1. The standard InChI is InChI=1S/C13H17F2N3O2S.ClH/c1-18(12(20)10-5-13(14,15)8-17-10)7-11(19)16-6-9-3-2-4-21-9;/h2-4,10,17H,5-8H2,1H3,(H,16,19);1H. The Hall–Kier alpha value is -1.25. The lowest BCUT2D eigenvalue weighted by Gasteiger charge is -2.20. The first kappa shape index (κ1) is 18.8. The molecule has 2 N–H and O–H groups in total. The van der Waals surface area contributed by atoms with Gasteiger partial charge in [0.05, 0.1) is 25.7 Å². The number of alkyl halides is 2.